The second kappa shape index (κ2) is 7.02. The Hall–Kier alpha value is -2.50. The molecule has 0 saturated carbocycles. The van der Waals surface area contributed by atoms with Gasteiger partial charge in [0.2, 0.25) is 5.91 Å². The summed E-state index contributed by atoms with van der Waals surface area (Å²) in [4.78, 5) is 21.5. The number of nitrogens with zero attached hydrogens (tertiary/aromatic N) is 4. The molecular weight excluding hydrogens is 326 g/mol. The van der Waals surface area contributed by atoms with E-state index in [0.29, 0.717) is 12.8 Å². The smallest absolute Gasteiger partial charge is 0.220 e. The predicted octanol–water partition coefficient (Wildman–Crippen LogP) is 3.36. The molecule has 3 aromatic rings. The Morgan fingerprint density at radius 1 is 1.23 bits per heavy atom. The van der Waals surface area contributed by atoms with Gasteiger partial charge in [-0.05, 0) is 64.7 Å². The fourth-order valence-corrected chi connectivity index (χ4v) is 3.42. The van der Waals surface area contributed by atoms with Gasteiger partial charge in [0.25, 0.3) is 0 Å². The lowest BCUT2D eigenvalue weighted by molar-refractivity contribution is -0.121. The number of aromatic nitrogens is 4. The SMILES string of the molecule is CCC(C)NC(=O)CCc1c(C)nc2c3c(C)cc(C)nc3nn2c1C. The molecule has 0 aliphatic rings. The van der Waals surface area contributed by atoms with E-state index in [4.69, 9.17) is 4.98 Å². The van der Waals surface area contributed by atoms with Crippen molar-refractivity contribution in [3.8, 4) is 0 Å². The minimum atomic E-state index is 0.0806. The molecule has 6 nitrogen and oxygen atoms in total. The van der Waals surface area contributed by atoms with Crippen molar-refractivity contribution >= 4 is 22.6 Å². The highest BCUT2D eigenvalue weighted by Gasteiger charge is 2.17. The Morgan fingerprint density at radius 2 is 1.96 bits per heavy atom. The van der Waals surface area contributed by atoms with Crippen molar-refractivity contribution in [2.75, 3.05) is 0 Å². The van der Waals surface area contributed by atoms with Crippen LogP contribution in [0.1, 0.15) is 54.9 Å². The van der Waals surface area contributed by atoms with Crippen LogP contribution >= 0.6 is 0 Å². The summed E-state index contributed by atoms with van der Waals surface area (Å²) in [5.41, 5.74) is 6.71. The van der Waals surface area contributed by atoms with E-state index < -0.39 is 0 Å². The van der Waals surface area contributed by atoms with Crippen LogP contribution in [0.25, 0.3) is 16.7 Å². The third kappa shape index (κ3) is 3.28. The molecule has 1 atom stereocenters. The minimum absolute atomic E-state index is 0.0806. The number of fused-ring (bicyclic) bond motifs is 3. The molecule has 138 valence electrons. The second-order valence-corrected chi connectivity index (χ2v) is 7.15. The molecule has 1 amide bonds. The van der Waals surface area contributed by atoms with Gasteiger partial charge in [0.15, 0.2) is 11.3 Å². The zero-order chi connectivity index (χ0) is 19.0. The van der Waals surface area contributed by atoms with Gasteiger partial charge in [-0.15, -0.1) is 5.10 Å². The van der Waals surface area contributed by atoms with Crippen LogP contribution in [-0.4, -0.2) is 31.5 Å². The standard InChI is InChI=1S/C20H27N5O/c1-7-12(3)21-17(26)9-8-16-14(5)23-20-18-11(2)10-13(4)22-19(18)24-25(20)15(16)6/h10,12H,7-9H2,1-6H3,(H,21,26). The number of pyridine rings is 1. The maximum atomic E-state index is 12.1. The zero-order valence-electron chi connectivity index (χ0n) is 16.5. The molecule has 26 heavy (non-hydrogen) atoms. The van der Waals surface area contributed by atoms with Crippen molar-refractivity contribution in [3.05, 3.63) is 34.3 Å². The van der Waals surface area contributed by atoms with Crippen LogP contribution in [0.5, 0.6) is 0 Å². The van der Waals surface area contributed by atoms with Gasteiger partial charge in [-0.2, -0.15) is 0 Å². The van der Waals surface area contributed by atoms with Crippen molar-refractivity contribution < 1.29 is 4.79 Å². The number of carbonyl (C=O) groups is 1. The van der Waals surface area contributed by atoms with E-state index >= 15 is 0 Å². The fourth-order valence-electron chi connectivity index (χ4n) is 3.42. The van der Waals surface area contributed by atoms with Gasteiger partial charge in [-0.1, -0.05) is 6.92 Å². The van der Waals surface area contributed by atoms with E-state index in [1.54, 1.807) is 0 Å². The van der Waals surface area contributed by atoms with Crippen molar-refractivity contribution in [1.82, 2.24) is 24.9 Å². The van der Waals surface area contributed by atoms with Gasteiger partial charge in [0, 0.05) is 29.5 Å². The monoisotopic (exact) mass is 353 g/mol. The Balaban J connectivity index is 1.99. The molecule has 3 rings (SSSR count). The van der Waals surface area contributed by atoms with Gasteiger partial charge in [-0.3, -0.25) is 4.79 Å². The third-order valence-electron chi connectivity index (χ3n) is 5.03. The van der Waals surface area contributed by atoms with Crippen molar-refractivity contribution in [2.24, 2.45) is 0 Å². The zero-order valence-corrected chi connectivity index (χ0v) is 16.5. The molecule has 0 spiro atoms. The van der Waals surface area contributed by atoms with Crippen LogP contribution < -0.4 is 5.32 Å². The third-order valence-corrected chi connectivity index (χ3v) is 5.03. The molecule has 0 aromatic carbocycles. The number of amides is 1. The molecule has 1 unspecified atom stereocenters. The first-order valence-corrected chi connectivity index (χ1v) is 9.24. The first kappa shape index (κ1) is 18.3. The molecular formula is C20H27N5O. The number of carbonyl (C=O) groups excluding carboxylic acids is 1. The summed E-state index contributed by atoms with van der Waals surface area (Å²) in [7, 11) is 0. The highest BCUT2D eigenvalue weighted by atomic mass is 16.1. The van der Waals surface area contributed by atoms with Crippen LogP contribution in [0.15, 0.2) is 6.07 Å². The normalized spacial score (nSPS) is 12.7. The van der Waals surface area contributed by atoms with Crippen LogP contribution in [0, 0.1) is 27.7 Å². The van der Waals surface area contributed by atoms with Gasteiger partial charge in [0.05, 0.1) is 5.39 Å². The lowest BCUT2D eigenvalue weighted by Crippen LogP contribution is -2.32. The molecule has 0 bridgehead atoms. The average molecular weight is 353 g/mol. The second-order valence-electron chi connectivity index (χ2n) is 7.15. The Bertz CT molecular complexity index is 989. The summed E-state index contributed by atoms with van der Waals surface area (Å²) < 4.78 is 1.87. The number of aryl methyl sites for hydroxylation is 4. The Kier molecular flexibility index (Phi) is 4.94. The number of nitrogens with one attached hydrogen (secondary N) is 1. The first-order valence-electron chi connectivity index (χ1n) is 9.24. The van der Waals surface area contributed by atoms with Crippen LogP contribution in [0.4, 0.5) is 0 Å². The van der Waals surface area contributed by atoms with Crippen molar-refractivity contribution in [2.45, 2.75) is 66.8 Å². The van der Waals surface area contributed by atoms with E-state index in [1.165, 1.54) is 0 Å². The minimum Gasteiger partial charge on any atom is -0.354 e. The molecule has 0 saturated heterocycles. The molecule has 0 radical (unpaired) electrons. The first-order chi connectivity index (χ1) is 12.3. The maximum Gasteiger partial charge on any atom is 0.220 e. The number of rotatable bonds is 5. The van der Waals surface area contributed by atoms with Gasteiger partial charge >= 0.3 is 0 Å². The molecule has 0 aliphatic heterocycles. The van der Waals surface area contributed by atoms with E-state index in [-0.39, 0.29) is 11.9 Å². The molecule has 1 N–H and O–H groups in total. The molecule has 6 heteroatoms. The van der Waals surface area contributed by atoms with Crippen molar-refractivity contribution in [3.63, 3.8) is 0 Å². The summed E-state index contributed by atoms with van der Waals surface area (Å²) in [5, 5.41) is 8.69. The van der Waals surface area contributed by atoms with Crippen LogP contribution in [0.3, 0.4) is 0 Å². The lowest BCUT2D eigenvalue weighted by atomic mass is 10.1. The highest BCUT2D eigenvalue weighted by Crippen LogP contribution is 2.25. The average Bonchev–Trinajstić information content (AvgIpc) is 2.93. The van der Waals surface area contributed by atoms with E-state index in [0.717, 1.165) is 51.3 Å². The highest BCUT2D eigenvalue weighted by molar-refractivity contribution is 5.93. The Morgan fingerprint density at radius 3 is 2.65 bits per heavy atom. The predicted molar refractivity (Wildman–Crippen MR) is 103 cm³/mol. The molecule has 3 heterocycles. The maximum absolute atomic E-state index is 12.1. The lowest BCUT2D eigenvalue weighted by Gasteiger charge is -2.13. The largest absolute Gasteiger partial charge is 0.354 e. The quantitative estimate of drug-likeness (QED) is 0.763. The van der Waals surface area contributed by atoms with Gasteiger partial charge in [-0.25, -0.2) is 14.5 Å². The van der Waals surface area contributed by atoms with Crippen LogP contribution in [0.2, 0.25) is 0 Å². The molecule has 0 aliphatic carbocycles. The fraction of sp³-hybridized carbons (Fsp3) is 0.500. The Labute approximate surface area is 154 Å². The van der Waals surface area contributed by atoms with E-state index in [1.807, 2.05) is 32.2 Å². The summed E-state index contributed by atoms with van der Waals surface area (Å²) in [6.07, 6.45) is 2.05. The molecule has 0 fully saturated rings. The van der Waals surface area contributed by atoms with Gasteiger partial charge < -0.3 is 5.32 Å². The molecule has 3 aromatic heterocycles. The van der Waals surface area contributed by atoms with E-state index in [9.17, 15) is 4.79 Å². The summed E-state index contributed by atoms with van der Waals surface area (Å²) in [6.45, 7) is 12.2. The van der Waals surface area contributed by atoms with Crippen LogP contribution in [-0.2, 0) is 11.2 Å². The summed E-state index contributed by atoms with van der Waals surface area (Å²) in [6, 6.07) is 2.27. The van der Waals surface area contributed by atoms with Crippen molar-refractivity contribution in [1.29, 1.82) is 0 Å². The topological polar surface area (TPSA) is 72.2 Å². The van der Waals surface area contributed by atoms with Gasteiger partial charge in [0.1, 0.15) is 0 Å². The number of hydrogen-bond acceptors (Lipinski definition) is 4. The summed E-state index contributed by atoms with van der Waals surface area (Å²) in [5.74, 6) is 0.0806. The number of hydrogen-bond donors (Lipinski definition) is 1. The van der Waals surface area contributed by atoms with E-state index in [2.05, 4.69) is 35.3 Å². The summed E-state index contributed by atoms with van der Waals surface area (Å²) >= 11 is 0.